The molecule has 0 radical (unpaired) electrons. The average Bonchev–Trinajstić information content (AvgIpc) is 2.99. The van der Waals surface area contributed by atoms with Crippen LogP contribution in [0.3, 0.4) is 0 Å². The molecule has 1 aromatic rings. The third kappa shape index (κ3) is 3.99. The highest BCUT2D eigenvalue weighted by molar-refractivity contribution is 7.91. The molecule has 1 aromatic heterocycles. The fraction of sp³-hybridized carbons (Fsp3) is 0.600. The molecule has 1 saturated heterocycles. The van der Waals surface area contributed by atoms with Crippen LogP contribution >= 0.6 is 11.3 Å². The molecule has 0 bridgehead atoms. The topological polar surface area (TPSA) is 110 Å². The van der Waals surface area contributed by atoms with Crippen LogP contribution in [-0.2, 0) is 26.7 Å². The van der Waals surface area contributed by atoms with Gasteiger partial charge in [0.2, 0.25) is 10.0 Å². The fourth-order valence-corrected chi connectivity index (χ4v) is 5.03. The van der Waals surface area contributed by atoms with Crippen LogP contribution in [0.5, 0.6) is 0 Å². The van der Waals surface area contributed by atoms with E-state index in [9.17, 15) is 16.8 Å². The Bertz CT molecular complexity index is 660. The molecule has 0 aromatic carbocycles. The first kappa shape index (κ1) is 15.9. The van der Waals surface area contributed by atoms with Crippen LogP contribution in [0.15, 0.2) is 16.3 Å². The van der Waals surface area contributed by atoms with Gasteiger partial charge in [0.05, 0.1) is 0 Å². The van der Waals surface area contributed by atoms with Crippen LogP contribution in [0, 0.1) is 0 Å². The lowest BCUT2D eigenvalue weighted by atomic mass is 10.3. The van der Waals surface area contributed by atoms with Gasteiger partial charge in [-0.3, -0.25) is 0 Å². The molecule has 10 heteroatoms. The summed E-state index contributed by atoms with van der Waals surface area (Å²) in [6, 6.07) is 3.08. The van der Waals surface area contributed by atoms with Crippen molar-refractivity contribution in [2.75, 3.05) is 19.6 Å². The smallest absolute Gasteiger partial charge is 0.224 e. The Morgan fingerprint density at radius 2 is 1.85 bits per heavy atom. The Labute approximate surface area is 123 Å². The van der Waals surface area contributed by atoms with Gasteiger partial charge in [0.1, 0.15) is 4.21 Å². The number of nitrogens with zero attached hydrogens (tertiary/aromatic N) is 1. The molecular weight excluding hydrogens is 322 g/mol. The number of rotatable bonds is 6. The number of hydrogen-bond acceptors (Lipinski definition) is 5. The van der Waals surface area contributed by atoms with Crippen molar-refractivity contribution < 1.29 is 16.8 Å². The molecule has 2 rings (SSSR count). The summed E-state index contributed by atoms with van der Waals surface area (Å²) in [7, 11) is -7.08. The predicted molar refractivity (Wildman–Crippen MR) is 77.1 cm³/mol. The molecule has 0 unspecified atom stereocenters. The minimum atomic E-state index is -3.68. The molecule has 114 valence electrons. The number of hydrogen-bond donors (Lipinski definition) is 2. The lowest BCUT2D eigenvalue weighted by molar-refractivity contribution is 0.465. The van der Waals surface area contributed by atoms with Crippen LogP contribution in [0.1, 0.15) is 17.7 Å². The van der Waals surface area contributed by atoms with Gasteiger partial charge >= 0.3 is 0 Å². The van der Waals surface area contributed by atoms with Gasteiger partial charge in [0, 0.05) is 24.5 Å². The van der Waals surface area contributed by atoms with Crippen LogP contribution in [0.4, 0.5) is 0 Å². The van der Waals surface area contributed by atoms with Crippen molar-refractivity contribution in [3.05, 3.63) is 17.0 Å². The van der Waals surface area contributed by atoms with E-state index in [4.69, 9.17) is 5.14 Å². The molecule has 1 aliphatic heterocycles. The quantitative estimate of drug-likeness (QED) is 0.752. The average molecular weight is 339 g/mol. The summed E-state index contributed by atoms with van der Waals surface area (Å²) in [5.74, 6) is 0. The van der Waals surface area contributed by atoms with Crippen molar-refractivity contribution in [1.82, 2.24) is 9.03 Å². The summed E-state index contributed by atoms with van der Waals surface area (Å²) in [5, 5.41) is 5.02. The largest absolute Gasteiger partial charge is 0.279 e. The first-order valence-electron chi connectivity index (χ1n) is 6.15. The lowest BCUT2D eigenvalue weighted by Crippen LogP contribution is -2.39. The minimum Gasteiger partial charge on any atom is -0.224 e. The van der Waals surface area contributed by atoms with E-state index < -0.39 is 20.2 Å². The number of primary sulfonamides is 1. The molecule has 2 heterocycles. The molecular formula is C10H17N3O4S3. The summed E-state index contributed by atoms with van der Waals surface area (Å²) in [5.41, 5.74) is 0. The molecule has 1 aliphatic rings. The van der Waals surface area contributed by atoms with E-state index >= 15 is 0 Å². The zero-order valence-electron chi connectivity index (χ0n) is 10.8. The third-order valence-corrected chi connectivity index (χ3v) is 7.18. The van der Waals surface area contributed by atoms with Crippen LogP contribution < -0.4 is 9.86 Å². The maximum Gasteiger partial charge on any atom is 0.279 e. The van der Waals surface area contributed by atoms with Crippen LogP contribution in [0.25, 0.3) is 0 Å². The van der Waals surface area contributed by atoms with Gasteiger partial charge in [-0.2, -0.15) is 12.7 Å². The van der Waals surface area contributed by atoms with Gasteiger partial charge in [-0.05, 0) is 31.4 Å². The summed E-state index contributed by atoms with van der Waals surface area (Å²) >= 11 is 1.06. The van der Waals surface area contributed by atoms with E-state index in [1.165, 1.54) is 10.4 Å². The van der Waals surface area contributed by atoms with Gasteiger partial charge < -0.3 is 0 Å². The first-order chi connectivity index (χ1) is 9.29. The summed E-state index contributed by atoms with van der Waals surface area (Å²) in [6.07, 6.45) is 2.22. The summed E-state index contributed by atoms with van der Waals surface area (Å²) < 4.78 is 50.1. The predicted octanol–water partition coefficient (Wildman–Crippen LogP) is -0.132. The highest BCUT2D eigenvalue weighted by atomic mass is 32.2. The standard InChI is InChI=1S/C10H17N3O4S3/c11-19(14,15)10-4-3-9(18-10)5-6-12-20(16,17)13-7-1-2-8-13/h3-4,12H,1-2,5-8H2,(H2,11,14,15). The molecule has 3 N–H and O–H groups in total. The molecule has 0 amide bonds. The molecule has 0 atom stereocenters. The van der Waals surface area contributed by atoms with Crippen molar-refractivity contribution >= 4 is 31.6 Å². The molecule has 1 fully saturated rings. The molecule has 0 spiro atoms. The second kappa shape index (κ2) is 6.08. The molecule has 7 nitrogen and oxygen atoms in total. The summed E-state index contributed by atoms with van der Waals surface area (Å²) in [4.78, 5) is 0.776. The normalized spacial score (nSPS) is 17.6. The number of nitrogens with one attached hydrogen (secondary N) is 1. The van der Waals surface area contributed by atoms with Gasteiger partial charge in [0.15, 0.2) is 0 Å². The van der Waals surface area contributed by atoms with Crippen molar-refractivity contribution in [1.29, 1.82) is 0 Å². The summed E-state index contributed by atoms with van der Waals surface area (Å²) in [6.45, 7) is 1.36. The fourth-order valence-electron chi connectivity index (χ4n) is 1.97. The van der Waals surface area contributed by atoms with Crippen molar-refractivity contribution in [3.8, 4) is 0 Å². The zero-order valence-corrected chi connectivity index (χ0v) is 13.2. The monoisotopic (exact) mass is 339 g/mol. The number of thiophene rings is 1. The van der Waals surface area contributed by atoms with Crippen LogP contribution in [0.2, 0.25) is 0 Å². The minimum absolute atomic E-state index is 0.0925. The second-order valence-corrected chi connectivity index (χ2v) is 9.23. The maximum absolute atomic E-state index is 11.9. The maximum atomic E-state index is 11.9. The molecule has 0 saturated carbocycles. The van der Waals surface area contributed by atoms with E-state index in [0.717, 1.165) is 29.1 Å². The van der Waals surface area contributed by atoms with Gasteiger partial charge in [-0.1, -0.05) is 0 Å². The Morgan fingerprint density at radius 3 is 2.40 bits per heavy atom. The van der Waals surface area contributed by atoms with Crippen molar-refractivity contribution in [2.24, 2.45) is 5.14 Å². The number of nitrogens with two attached hydrogens (primary N) is 1. The highest BCUT2D eigenvalue weighted by Crippen LogP contribution is 2.20. The Kier molecular flexibility index (Phi) is 4.82. The van der Waals surface area contributed by atoms with E-state index in [1.807, 2.05) is 0 Å². The second-order valence-electron chi connectivity index (χ2n) is 4.52. The zero-order chi connectivity index (χ0) is 14.8. The highest BCUT2D eigenvalue weighted by Gasteiger charge is 2.24. The molecule has 0 aliphatic carbocycles. The van der Waals surface area contributed by atoms with Gasteiger partial charge in [-0.25, -0.2) is 18.3 Å². The van der Waals surface area contributed by atoms with E-state index in [2.05, 4.69) is 4.72 Å². The van der Waals surface area contributed by atoms with Gasteiger partial charge in [0.25, 0.3) is 10.2 Å². The number of sulfonamides is 1. The Morgan fingerprint density at radius 1 is 1.20 bits per heavy atom. The lowest BCUT2D eigenvalue weighted by Gasteiger charge is -2.15. The third-order valence-electron chi connectivity index (χ3n) is 2.98. The van der Waals surface area contributed by atoms with Crippen molar-refractivity contribution in [2.45, 2.75) is 23.5 Å². The van der Waals surface area contributed by atoms with Gasteiger partial charge in [-0.15, -0.1) is 11.3 Å². The van der Waals surface area contributed by atoms with E-state index in [1.54, 1.807) is 6.07 Å². The first-order valence-corrected chi connectivity index (χ1v) is 9.95. The van der Waals surface area contributed by atoms with Crippen molar-refractivity contribution in [3.63, 3.8) is 0 Å². The Balaban J connectivity index is 1.88. The molecule has 20 heavy (non-hydrogen) atoms. The van der Waals surface area contributed by atoms with Crippen LogP contribution in [-0.4, -0.2) is 40.8 Å². The SMILES string of the molecule is NS(=O)(=O)c1ccc(CCNS(=O)(=O)N2CCCC2)s1. The van der Waals surface area contributed by atoms with E-state index in [0.29, 0.717) is 19.5 Å². The van der Waals surface area contributed by atoms with E-state index in [-0.39, 0.29) is 10.8 Å². The Hall–Kier alpha value is -0.520.